The third-order valence-corrected chi connectivity index (χ3v) is 2.34. The lowest BCUT2D eigenvalue weighted by molar-refractivity contribution is 0.0941. The molecule has 94 valence electrons. The van der Waals surface area contributed by atoms with E-state index in [-0.39, 0.29) is 19.0 Å². The molecule has 6 nitrogen and oxygen atoms in total. The second-order valence-electron chi connectivity index (χ2n) is 3.55. The first-order chi connectivity index (χ1) is 8.27. The van der Waals surface area contributed by atoms with Gasteiger partial charge in [0.05, 0.1) is 19.4 Å². The molecule has 0 bridgehead atoms. The van der Waals surface area contributed by atoms with E-state index in [9.17, 15) is 4.79 Å². The van der Waals surface area contributed by atoms with Crippen LogP contribution in [0.15, 0.2) is 18.6 Å². The maximum Gasteiger partial charge on any atom is 0.184 e. The highest BCUT2D eigenvalue weighted by Crippen LogP contribution is 1.99. The Morgan fingerprint density at radius 3 is 2.41 bits per heavy atom. The van der Waals surface area contributed by atoms with Gasteiger partial charge in [0, 0.05) is 38.4 Å². The normalized spacial score (nSPS) is 10.8. The molecule has 0 spiro atoms. The smallest absolute Gasteiger partial charge is 0.184 e. The SMILES string of the molecule is O=C(CCN(CCO)CCO)c1cnccn1. The summed E-state index contributed by atoms with van der Waals surface area (Å²) in [5.41, 5.74) is 0.348. The number of hydrogen-bond acceptors (Lipinski definition) is 6. The summed E-state index contributed by atoms with van der Waals surface area (Å²) in [6, 6.07) is 0. The Bertz CT molecular complexity index is 326. The lowest BCUT2D eigenvalue weighted by atomic mass is 10.2. The van der Waals surface area contributed by atoms with E-state index < -0.39 is 0 Å². The van der Waals surface area contributed by atoms with Gasteiger partial charge in [0.2, 0.25) is 0 Å². The molecule has 0 aliphatic heterocycles. The summed E-state index contributed by atoms with van der Waals surface area (Å²) in [4.78, 5) is 21.3. The van der Waals surface area contributed by atoms with E-state index in [1.807, 2.05) is 4.90 Å². The number of aliphatic hydroxyl groups is 2. The highest BCUT2D eigenvalue weighted by molar-refractivity contribution is 5.93. The van der Waals surface area contributed by atoms with Crippen LogP contribution in [-0.4, -0.2) is 63.7 Å². The molecule has 0 fully saturated rings. The van der Waals surface area contributed by atoms with E-state index in [4.69, 9.17) is 10.2 Å². The van der Waals surface area contributed by atoms with Crippen molar-refractivity contribution < 1.29 is 15.0 Å². The molecule has 17 heavy (non-hydrogen) atoms. The molecule has 0 radical (unpaired) electrons. The van der Waals surface area contributed by atoms with Gasteiger partial charge in [-0.1, -0.05) is 0 Å². The molecular formula is C11H17N3O3. The summed E-state index contributed by atoms with van der Waals surface area (Å²) >= 11 is 0. The Kier molecular flexibility index (Phi) is 6.31. The summed E-state index contributed by atoms with van der Waals surface area (Å²) in [5, 5.41) is 17.6. The maximum absolute atomic E-state index is 11.7. The molecule has 0 atom stereocenters. The molecule has 0 aromatic carbocycles. The van der Waals surface area contributed by atoms with Crippen molar-refractivity contribution in [3.63, 3.8) is 0 Å². The molecule has 0 saturated heterocycles. The van der Waals surface area contributed by atoms with Crippen molar-refractivity contribution in [1.82, 2.24) is 14.9 Å². The van der Waals surface area contributed by atoms with Crippen LogP contribution in [0.5, 0.6) is 0 Å². The molecule has 1 rings (SSSR count). The van der Waals surface area contributed by atoms with Gasteiger partial charge in [-0.05, 0) is 0 Å². The van der Waals surface area contributed by atoms with Gasteiger partial charge in [-0.3, -0.25) is 14.7 Å². The van der Waals surface area contributed by atoms with Crippen LogP contribution >= 0.6 is 0 Å². The fourth-order valence-electron chi connectivity index (χ4n) is 1.45. The Balaban J connectivity index is 2.41. The van der Waals surface area contributed by atoms with Crippen LogP contribution in [0.4, 0.5) is 0 Å². The topological polar surface area (TPSA) is 86.6 Å². The van der Waals surface area contributed by atoms with Gasteiger partial charge in [0.25, 0.3) is 0 Å². The number of carbonyl (C=O) groups is 1. The van der Waals surface area contributed by atoms with Crippen molar-refractivity contribution >= 4 is 5.78 Å². The zero-order chi connectivity index (χ0) is 12.5. The van der Waals surface area contributed by atoms with E-state index in [1.165, 1.54) is 18.6 Å². The summed E-state index contributed by atoms with van der Waals surface area (Å²) in [7, 11) is 0. The molecule has 1 aromatic heterocycles. The largest absolute Gasteiger partial charge is 0.395 e. The van der Waals surface area contributed by atoms with Crippen LogP contribution in [0.25, 0.3) is 0 Å². The summed E-state index contributed by atoms with van der Waals surface area (Å²) in [5.74, 6) is -0.0843. The lowest BCUT2D eigenvalue weighted by Crippen LogP contribution is -2.32. The summed E-state index contributed by atoms with van der Waals surface area (Å²) < 4.78 is 0. The van der Waals surface area contributed by atoms with E-state index >= 15 is 0 Å². The standard InChI is InChI=1S/C11H17N3O3/c15-7-5-14(6-8-16)4-1-11(17)10-9-12-2-3-13-10/h2-3,9,15-16H,1,4-8H2. The van der Waals surface area contributed by atoms with Gasteiger partial charge in [0.1, 0.15) is 5.69 Å². The van der Waals surface area contributed by atoms with Crippen molar-refractivity contribution in [1.29, 1.82) is 0 Å². The lowest BCUT2D eigenvalue weighted by Gasteiger charge is -2.19. The predicted octanol–water partition coefficient (Wildman–Crippen LogP) is -0.664. The predicted molar refractivity (Wildman–Crippen MR) is 61.6 cm³/mol. The monoisotopic (exact) mass is 239 g/mol. The molecule has 0 aliphatic rings. The molecular weight excluding hydrogens is 222 g/mol. The van der Waals surface area contributed by atoms with E-state index in [0.717, 1.165) is 0 Å². The Morgan fingerprint density at radius 1 is 1.18 bits per heavy atom. The molecule has 2 N–H and O–H groups in total. The van der Waals surface area contributed by atoms with Gasteiger partial charge in [0.15, 0.2) is 5.78 Å². The average Bonchev–Trinajstić information content (AvgIpc) is 2.37. The third kappa shape index (κ3) is 4.99. The number of nitrogens with zero attached hydrogens (tertiary/aromatic N) is 3. The fourth-order valence-corrected chi connectivity index (χ4v) is 1.45. The Hall–Kier alpha value is -1.37. The van der Waals surface area contributed by atoms with Crippen LogP contribution in [-0.2, 0) is 0 Å². The van der Waals surface area contributed by atoms with Crippen molar-refractivity contribution in [2.45, 2.75) is 6.42 Å². The number of rotatable bonds is 8. The van der Waals surface area contributed by atoms with Crippen LogP contribution in [0, 0.1) is 0 Å². The summed E-state index contributed by atoms with van der Waals surface area (Å²) in [6.07, 6.45) is 4.73. The number of aromatic nitrogens is 2. The summed E-state index contributed by atoms with van der Waals surface area (Å²) in [6.45, 7) is 1.43. The molecule has 1 heterocycles. The second kappa shape index (κ2) is 7.83. The quantitative estimate of drug-likeness (QED) is 0.585. The van der Waals surface area contributed by atoms with Gasteiger partial charge in [-0.25, -0.2) is 4.98 Å². The van der Waals surface area contributed by atoms with Crippen molar-refractivity contribution in [2.24, 2.45) is 0 Å². The zero-order valence-electron chi connectivity index (χ0n) is 9.62. The minimum Gasteiger partial charge on any atom is -0.395 e. The van der Waals surface area contributed by atoms with Crippen LogP contribution in [0.3, 0.4) is 0 Å². The highest BCUT2D eigenvalue weighted by Gasteiger charge is 2.10. The van der Waals surface area contributed by atoms with E-state index in [0.29, 0.717) is 31.7 Å². The third-order valence-electron chi connectivity index (χ3n) is 2.34. The zero-order valence-corrected chi connectivity index (χ0v) is 9.62. The average molecular weight is 239 g/mol. The number of hydrogen-bond donors (Lipinski definition) is 2. The molecule has 0 aliphatic carbocycles. The molecule has 0 saturated carbocycles. The van der Waals surface area contributed by atoms with E-state index in [2.05, 4.69) is 9.97 Å². The van der Waals surface area contributed by atoms with Gasteiger partial charge in [-0.15, -0.1) is 0 Å². The Labute approximate surface area is 99.9 Å². The maximum atomic E-state index is 11.7. The fraction of sp³-hybridized carbons (Fsp3) is 0.545. The van der Waals surface area contributed by atoms with Gasteiger partial charge < -0.3 is 10.2 Å². The van der Waals surface area contributed by atoms with Crippen LogP contribution < -0.4 is 0 Å². The first-order valence-corrected chi connectivity index (χ1v) is 5.51. The molecule has 0 amide bonds. The van der Waals surface area contributed by atoms with Crippen molar-refractivity contribution in [3.8, 4) is 0 Å². The van der Waals surface area contributed by atoms with E-state index in [1.54, 1.807) is 0 Å². The van der Waals surface area contributed by atoms with Gasteiger partial charge >= 0.3 is 0 Å². The molecule has 1 aromatic rings. The number of aliphatic hydroxyl groups excluding tert-OH is 2. The molecule has 0 unspecified atom stereocenters. The minimum absolute atomic E-state index is 0.0132. The number of carbonyl (C=O) groups excluding carboxylic acids is 1. The van der Waals surface area contributed by atoms with Crippen molar-refractivity contribution in [2.75, 3.05) is 32.8 Å². The second-order valence-corrected chi connectivity index (χ2v) is 3.55. The number of Topliss-reactive ketones (excluding diaryl/α,β-unsaturated/α-hetero) is 1. The van der Waals surface area contributed by atoms with Crippen LogP contribution in [0.1, 0.15) is 16.9 Å². The van der Waals surface area contributed by atoms with Gasteiger partial charge in [-0.2, -0.15) is 0 Å². The first-order valence-electron chi connectivity index (χ1n) is 5.51. The first kappa shape index (κ1) is 13.7. The number of ketones is 1. The van der Waals surface area contributed by atoms with Crippen molar-refractivity contribution in [3.05, 3.63) is 24.3 Å². The highest BCUT2D eigenvalue weighted by atomic mass is 16.3. The Morgan fingerprint density at radius 2 is 1.88 bits per heavy atom. The molecule has 6 heteroatoms. The minimum atomic E-state index is -0.0843. The van der Waals surface area contributed by atoms with Crippen LogP contribution in [0.2, 0.25) is 0 Å².